The Hall–Kier alpha value is -2.55. The zero-order chi connectivity index (χ0) is 16.7. The molecule has 0 N–H and O–H groups in total. The third kappa shape index (κ3) is 2.41. The van der Waals surface area contributed by atoms with Gasteiger partial charge >= 0.3 is 17.8 Å². The predicted octanol–water partition coefficient (Wildman–Crippen LogP) is 2.03. The van der Waals surface area contributed by atoms with Crippen LogP contribution in [0.25, 0.3) is 11.4 Å². The molecule has 0 spiro atoms. The first kappa shape index (κ1) is 15.0. The highest BCUT2D eigenvalue weighted by Gasteiger charge is 2.48. The summed E-state index contributed by atoms with van der Waals surface area (Å²) in [7, 11) is 0. The van der Waals surface area contributed by atoms with Gasteiger partial charge in [0, 0.05) is 17.0 Å². The summed E-state index contributed by atoms with van der Waals surface area (Å²) in [5.41, 5.74) is 0.803. The average Bonchev–Trinajstić information content (AvgIpc) is 3.33. The average molecular weight is 346 g/mol. The summed E-state index contributed by atoms with van der Waals surface area (Å²) in [6.07, 6.45) is 3.43. The van der Waals surface area contributed by atoms with Crippen LogP contribution in [-0.2, 0) is 16.1 Å². The highest BCUT2D eigenvalue weighted by molar-refractivity contribution is 7.08. The molecule has 0 radical (unpaired) electrons. The van der Waals surface area contributed by atoms with E-state index in [4.69, 9.17) is 4.52 Å². The fourth-order valence-corrected chi connectivity index (χ4v) is 3.74. The first-order valence-corrected chi connectivity index (χ1v) is 8.63. The van der Waals surface area contributed by atoms with Gasteiger partial charge < -0.3 is 4.52 Å². The van der Waals surface area contributed by atoms with Crippen molar-refractivity contribution < 1.29 is 18.9 Å². The van der Waals surface area contributed by atoms with Crippen molar-refractivity contribution in [2.45, 2.75) is 38.3 Å². The van der Waals surface area contributed by atoms with E-state index in [-0.39, 0.29) is 18.5 Å². The molecule has 4 amide bonds. The quantitative estimate of drug-likeness (QED) is 0.621. The smallest absolute Gasteiger partial charge is 0.334 e. The van der Waals surface area contributed by atoms with Crippen LogP contribution in [0.15, 0.2) is 21.3 Å². The van der Waals surface area contributed by atoms with Gasteiger partial charge in [0.25, 0.3) is 0 Å². The minimum absolute atomic E-state index is 0.124. The lowest BCUT2D eigenvalue weighted by Gasteiger charge is -2.20. The van der Waals surface area contributed by atoms with Crippen molar-refractivity contribution in [3.8, 4) is 11.4 Å². The third-order valence-electron chi connectivity index (χ3n) is 4.31. The number of amides is 4. The molecule has 4 rings (SSSR count). The molecule has 124 valence electrons. The minimum Gasteiger partial charge on any atom is -0.337 e. The number of aromatic nitrogens is 2. The number of urea groups is 1. The van der Waals surface area contributed by atoms with Crippen molar-refractivity contribution in [2.24, 2.45) is 0 Å². The number of carbonyl (C=O) groups is 3. The molecule has 1 aliphatic heterocycles. The number of hydrogen-bond acceptors (Lipinski definition) is 7. The fourth-order valence-electron chi connectivity index (χ4n) is 3.11. The normalized spacial score (nSPS) is 19.1. The van der Waals surface area contributed by atoms with Crippen molar-refractivity contribution in [1.29, 1.82) is 0 Å². The Morgan fingerprint density at radius 1 is 1.21 bits per heavy atom. The third-order valence-corrected chi connectivity index (χ3v) is 5.00. The maximum absolute atomic E-state index is 12.5. The second-order valence-electron chi connectivity index (χ2n) is 5.81. The monoisotopic (exact) mass is 346 g/mol. The van der Waals surface area contributed by atoms with Gasteiger partial charge in [-0.15, -0.1) is 0 Å². The molecule has 24 heavy (non-hydrogen) atoms. The minimum atomic E-state index is -0.831. The zero-order valence-electron chi connectivity index (χ0n) is 12.7. The van der Waals surface area contributed by atoms with E-state index >= 15 is 0 Å². The van der Waals surface area contributed by atoms with Gasteiger partial charge in [0.15, 0.2) is 0 Å². The zero-order valence-corrected chi connectivity index (χ0v) is 13.5. The lowest BCUT2D eigenvalue weighted by molar-refractivity contribution is -0.144. The standard InChI is InChI=1S/C15H14N4O4S/c20-13-14(21)19(10-3-1-2-4-10)15(22)18(13)7-11-16-12(17-23-11)9-5-6-24-8-9/h5-6,8,10H,1-4,7H2. The molecule has 0 aromatic carbocycles. The van der Waals surface area contributed by atoms with Crippen LogP contribution in [0.5, 0.6) is 0 Å². The SMILES string of the molecule is O=C1C(=O)N(C2CCCC2)C(=O)N1Cc1nc(-c2ccsc2)no1. The van der Waals surface area contributed by atoms with Gasteiger partial charge in [0.2, 0.25) is 11.7 Å². The summed E-state index contributed by atoms with van der Waals surface area (Å²) < 4.78 is 5.11. The van der Waals surface area contributed by atoms with E-state index in [0.717, 1.165) is 41.0 Å². The number of nitrogens with zero attached hydrogens (tertiary/aromatic N) is 4. The van der Waals surface area contributed by atoms with Crippen LogP contribution in [0.1, 0.15) is 31.6 Å². The Kier molecular flexibility index (Phi) is 3.64. The molecule has 1 aliphatic carbocycles. The van der Waals surface area contributed by atoms with Crippen molar-refractivity contribution >= 4 is 29.2 Å². The summed E-state index contributed by atoms with van der Waals surface area (Å²) >= 11 is 1.50. The highest BCUT2D eigenvalue weighted by Crippen LogP contribution is 2.28. The molecule has 2 aliphatic rings. The Morgan fingerprint density at radius 2 is 2.00 bits per heavy atom. The van der Waals surface area contributed by atoms with Crippen LogP contribution >= 0.6 is 11.3 Å². The molecule has 2 aromatic heterocycles. The van der Waals surface area contributed by atoms with E-state index in [2.05, 4.69) is 10.1 Å². The highest BCUT2D eigenvalue weighted by atomic mass is 32.1. The molecular formula is C15H14N4O4S. The summed E-state index contributed by atoms with van der Waals surface area (Å²) in [5, 5.41) is 7.59. The van der Waals surface area contributed by atoms with Crippen molar-refractivity contribution in [1.82, 2.24) is 19.9 Å². The van der Waals surface area contributed by atoms with E-state index in [1.807, 2.05) is 16.8 Å². The van der Waals surface area contributed by atoms with E-state index in [0.29, 0.717) is 5.82 Å². The topological polar surface area (TPSA) is 96.6 Å². The second kappa shape index (κ2) is 5.82. The molecule has 8 nitrogen and oxygen atoms in total. The van der Waals surface area contributed by atoms with E-state index in [9.17, 15) is 14.4 Å². The van der Waals surface area contributed by atoms with Crippen molar-refractivity contribution in [3.63, 3.8) is 0 Å². The molecule has 9 heteroatoms. The van der Waals surface area contributed by atoms with Crippen LogP contribution in [0.4, 0.5) is 4.79 Å². The van der Waals surface area contributed by atoms with Crippen LogP contribution in [0.3, 0.4) is 0 Å². The fraction of sp³-hybridized carbons (Fsp3) is 0.400. The van der Waals surface area contributed by atoms with Crippen LogP contribution in [-0.4, -0.2) is 43.8 Å². The molecule has 2 aromatic rings. The van der Waals surface area contributed by atoms with Gasteiger partial charge in [0.05, 0.1) is 0 Å². The first-order valence-electron chi connectivity index (χ1n) is 7.69. The maximum atomic E-state index is 12.5. The summed E-state index contributed by atoms with van der Waals surface area (Å²) in [4.78, 5) is 42.9. The Morgan fingerprint density at radius 3 is 2.71 bits per heavy atom. The van der Waals surface area contributed by atoms with Gasteiger partial charge in [-0.25, -0.2) is 9.69 Å². The summed E-state index contributed by atoms with van der Waals surface area (Å²) in [6, 6.07) is 1.08. The molecule has 2 fully saturated rings. The Balaban J connectivity index is 1.53. The van der Waals surface area contributed by atoms with E-state index in [1.165, 1.54) is 11.3 Å². The van der Waals surface area contributed by atoms with Gasteiger partial charge in [-0.1, -0.05) is 18.0 Å². The molecule has 1 saturated carbocycles. The van der Waals surface area contributed by atoms with Crippen molar-refractivity contribution in [2.75, 3.05) is 0 Å². The molecule has 1 saturated heterocycles. The Labute approximate surface area is 141 Å². The molecule has 0 bridgehead atoms. The number of carbonyl (C=O) groups excluding carboxylic acids is 3. The number of hydrogen-bond donors (Lipinski definition) is 0. The van der Waals surface area contributed by atoms with Crippen LogP contribution in [0.2, 0.25) is 0 Å². The first-order chi connectivity index (χ1) is 11.6. The molecule has 0 unspecified atom stereocenters. The lowest BCUT2D eigenvalue weighted by atomic mass is 10.2. The number of thiophene rings is 1. The predicted molar refractivity (Wildman–Crippen MR) is 82.7 cm³/mol. The number of imide groups is 2. The Bertz CT molecular complexity index is 794. The van der Waals surface area contributed by atoms with Crippen LogP contribution in [0, 0.1) is 0 Å². The molecule has 0 atom stereocenters. The lowest BCUT2D eigenvalue weighted by Crippen LogP contribution is -2.39. The number of rotatable bonds is 4. The maximum Gasteiger partial charge on any atom is 0.334 e. The van der Waals surface area contributed by atoms with Gasteiger partial charge in [-0.05, 0) is 24.3 Å². The van der Waals surface area contributed by atoms with Gasteiger partial charge in [-0.3, -0.25) is 14.5 Å². The summed E-state index contributed by atoms with van der Waals surface area (Å²) in [6.45, 7) is -0.191. The largest absolute Gasteiger partial charge is 0.337 e. The van der Waals surface area contributed by atoms with Gasteiger partial charge in [0.1, 0.15) is 6.54 Å². The van der Waals surface area contributed by atoms with Gasteiger partial charge in [-0.2, -0.15) is 16.3 Å². The summed E-state index contributed by atoms with van der Waals surface area (Å²) in [5.74, 6) is -1.07. The van der Waals surface area contributed by atoms with Crippen LogP contribution < -0.4 is 0 Å². The van der Waals surface area contributed by atoms with E-state index in [1.54, 1.807) is 0 Å². The molecule has 3 heterocycles. The van der Waals surface area contributed by atoms with E-state index < -0.39 is 17.8 Å². The molecular weight excluding hydrogens is 332 g/mol. The second-order valence-corrected chi connectivity index (χ2v) is 6.59. The van der Waals surface area contributed by atoms with Crippen molar-refractivity contribution in [3.05, 3.63) is 22.7 Å².